The van der Waals surface area contributed by atoms with Gasteiger partial charge in [0, 0.05) is 11.6 Å². The third kappa shape index (κ3) is 7.39. The van der Waals surface area contributed by atoms with Crippen molar-refractivity contribution in [3.8, 4) is 0 Å². The molecule has 0 aromatic rings. The second kappa shape index (κ2) is 11.1. The van der Waals surface area contributed by atoms with Crippen LogP contribution < -0.4 is 0 Å². The van der Waals surface area contributed by atoms with Crippen LogP contribution in [0.15, 0.2) is 17.0 Å². The number of nitrogens with zero attached hydrogens (tertiary/aromatic N) is 1. The lowest BCUT2D eigenvalue weighted by Gasteiger charge is -2.30. The molecular formula is C17H33NO. The van der Waals surface area contributed by atoms with Crippen LogP contribution in [0.5, 0.6) is 0 Å². The van der Waals surface area contributed by atoms with Crippen molar-refractivity contribution >= 4 is 6.21 Å². The van der Waals surface area contributed by atoms with Gasteiger partial charge in [0.2, 0.25) is 0 Å². The molecular weight excluding hydrogens is 234 g/mol. The van der Waals surface area contributed by atoms with Gasteiger partial charge in [-0.2, -0.15) is 0 Å². The largest absolute Gasteiger partial charge is 0.362 e. The summed E-state index contributed by atoms with van der Waals surface area (Å²) in [7, 11) is 0. The molecule has 0 aliphatic heterocycles. The van der Waals surface area contributed by atoms with Crippen molar-refractivity contribution in [1.29, 1.82) is 0 Å². The van der Waals surface area contributed by atoms with Crippen molar-refractivity contribution in [3.05, 3.63) is 11.8 Å². The highest BCUT2D eigenvalue weighted by atomic mass is 16.6. The highest BCUT2D eigenvalue weighted by Gasteiger charge is 2.29. The smallest absolute Gasteiger partial charge is 0.136 e. The van der Waals surface area contributed by atoms with Gasteiger partial charge >= 0.3 is 0 Å². The third-order valence-electron chi connectivity index (χ3n) is 3.78. The molecule has 1 atom stereocenters. The Balaban J connectivity index is 4.62. The average Bonchev–Trinajstić information content (AvgIpc) is 2.42. The van der Waals surface area contributed by atoms with E-state index in [9.17, 15) is 0 Å². The Labute approximate surface area is 120 Å². The molecule has 2 nitrogen and oxygen atoms in total. The van der Waals surface area contributed by atoms with Gasteiger partial charge in [0.05, 0.1) is 0 Å². The summed E-state index contributed by atoms with van der Waals surface area (Å²) in [5.41, 5.74) is 0.144. The fraction of sp³-hybridized carbons (Fsp3) is 0.824. The van der Waals surface area contributed by atoms with Crippen LogP contribution in [0.2, 0.25) is 0 Å². The first-order valence-corrected chi connectivity index (χ1v) is 7.96. The van der Waals surface area contributed by atoms with Gasteiger partial charge in [-0.15, -0.1) is 0 Å². The highest BCUT2D eigenvalue weighted by molar-refractivity contribution is 5.52. The molecule has 19 heavy (non-hydrogen) atoms. The maximum atomic E-state index is 5.59. The fourth-order valence-corrected chi connectivity index (χ4v) is 2.50. The Morgan fingerprint density at radius 1 is 1.00 bits per heavy atom. The summed E-state index contributed by atoms with van der Waals surface area (Å²) in [6, 6.07) is 0. The Kier molecular flexibility index (Phi) is 10.6. The lowest BCUT2D eigenvalue weighted by atomic mass is 9.78. The van der Waals surface area contributed by atoms with Crippen LogP contribution in [0.3, 0.4) is 0 Å². The Hall–Kier alpha value is -0.790. The Morgan fingerprint density at radius 3 is 2.16 bits per heavy atom. The normalized spacial score (nSPS) is 15.7. The van der Waals surface area contributed by atoms with Gasteiger partial charge in [-0.05, 0) is 32.8 Å². The standard InChI is InChI=1S/C17H33NO/c1-6-10-12-13-15-17(5,14-11-7-2)16(8-3)19-18-9-4/h8-9H,6-7,10-15H2,1-5H3/b16-8-,18-9-. The summed E-state index contributed by atoms with van der Waals surface area (Å²) in [4.78, 5) is 5.59. The molecule has 0 aromatic heterocycles. The van der Waals surface area contributed by atoms with Crippen LogP contribution in [-0.2, 0) is 4.84 Å². The summed E-state index contributed by atoms with van der Waals surface area (Å²) >= 11 is 0. The predicted molar refractivity (Wildman–Crippen MR) is 85.4 cm³/mol. The average molecular weight is 267 g/mol. The summed E-state index contributed by atoms with van der Waals surface area (Å²) < 4.78 is 0. The van der Waals surface area contributed by atoms with Gasteiger partial charge in [-0.3, -0.25) is 0 Å². The van der Waals surface area contributed by atoms with Crippen LogP contribution >= 0.6 is 0 Å². The summed E-state index contributed by atoms with van der Waals surface area (Å²) in [6.45, 7) is 10.8. The highest BCUT2D eigenvalue weighted by Crippen LogP contribution is 2.39. The maximum Gasteiger partial charge on any atom is 0.136 e. The molecule has 112 valence electrons. The monoisotopic (exact) mass is 267 g/mol. The Morgan fingerprint density at radius 2 is 1.63 bits per heavy atom. The molecule has 0 spiro atoms. The molecule has 0 aliphatic carbocycles. The van der Waals surface area contributed by atoms with E-state index in [2.05, 4.69) is 38.9 Å². The van der Waals surface area contributed by atoms with E-state index in [1.807, 2.05) is 6.92 Å². The number of rotatable bonds is 11. The van der Waals surface area contributed by atoms with Crippen molar-refractivity contribution < 1.29 is 4.84 Å². The van der Waals surface area contributed by atoms with Crippen LogP contribution in [0.25, 0.3) is 0 Å². The van der Waals surface area contributed by atoms with Gasteiger partial charge in [0.25, 0.3) is 0 Å². The van der Waals surface area contributed by atoms with E-state index in [4.69, 9.17) is 4.84 Å². The number of oxime groups is 1. The van der Waals surface area contributed by atoms with Crippen molar-refractivity contribution in [1.82, 2.24) is 0 Å². The summed E-state index contributed by atoms with van der Waals surface area (Å²) in [5, 5.41) is 3.97. The molecule has 0 radical (unpaired) electrons. The first kappa shape index (κ1) is 18.2. The third-order valence-corrected chi connectivity index (χ3v) is 3.78. The van der Waals surface area contributed by atoms with Gasteiger partial charge in [0.15, 0.2) is 0 Å². The van der Waals surface area contributed by atoms with Gasteiger partial charge < -0.3 is 4.84 Å². The molecule has 0 N–H and O–H groups in total. The zero-order chi connectivity index (χ0) is 14.6. The van der Waals surface area contributed by atoms with E-state index in [-0.39, 0.29) is 5.41 Å². The number of unbranched alkanes of at least 4 members (excludes halogenated alkanes) is 4. The second-order valence-corrected chi connectivity index (χ2v) is 5.58. The topological polar surface area (TPSA) is 21.6 Å². The molecule has 1 unspecified atom stereocenters. The van der Waals surface area contributed by atoms with Crippen molar-refractivity contribution in [2.45, 2.75) is 86.0 Å². The van der Waals surface area contributed by atoms with Crippen LogP contribution in [-0.4, -0.2) is 6.21 Å². The fourth-order valence-electron chi connectivity index (χ4n) is 2.50. The maximum absolute atomic E-state index is 5.59. The lowest BCUT2D eigenvalue weighted by Crippen LogP contribution is -2.20. The van der Waals surface area contributed by atoms with E-state index in [1.165, 1.54) is 51.4 Å². The van der Waals surface area contributed by atoms with Crippen molar-refractivity contribution in [2.75, 3.05) is 0 Å². The van der Waals surface area contributed by atoms with E-state index in [0.717, 1.165) is 5.76 Å². The Bertz CT molecular complexity index is 270. The summed E-state index contributed by atoms with van der Waals surface area (Å²) in [5.74, 6) is 1.04. The van der Waals surface area contributed by atoms with Crippen LogP contribution in [0.1, 0.15) is 86.0 Å². The molecule has 0 fully saturated rings. The molecule has 0 saturated carbocycles. The van der Waals surface area contributed by atoms with E-state index >= 15 is 0 Å². The van der Waals surface area contributed by atoms with Crippen molar-refractivity contribution in [3.63, 3.8) is 0 Å². The SMILES string of the molecule is C/C=N\O/C(=C\C)C(C)(CCCC)CCCCCC. The molecule has 0 rings (SSSR count). The van der Waals surface area contributed by atoms with E-state index in [1.54, 1.807) is 6.21 Å². The van der Waals surface area contributed by atoms with Crippen LogP contribution in [0, 0.1) is 5.41 Å². The van der Waals surface area contributed by atoms with Gasteiger partial charge in [-0.1, -0.05) is 64.5 Å². The summed E-state index contributed by atoms with van der Waals surface area (Å²) in [6.07, 6.45) is 13.9. The molecule has 0 heterocycles. The minimum atomic E-state index is 0.144. The second-order valence-electron chi connectivity index (χ2n) is 5.58. The predicted octanol–water partition coefficient (Wildman–Crippen LogP) is 6.08. The molecule has 0 aliphatic rings. The van der Waals surface area contributed by atoms with E-state index in [0.29, 0.717) is 0 Å². The van der Waals surface area contributed by atoms with Gasteiger partial charge in [-0.25, -0.2) is 0 Å². The molecule has 0 saturated heterocycles. The van der Waals surface area contributed by atoms with Crippen LogP contribution in [0.4, 0.5) is 0 Å². The minimum Gasteiger partial charge on any atom is -0.362 e. The van der Waals surface area contributed by atoms with Crippen molar-refractivity contribution in [2.24, 2.45) is 10.6 Å². The number of hydrogen-bond donors (Lipinski definition) is 0. The molecule has 2 heteroatoms. The number of allylic oxidation sites excluding steroid dienone is 2. The first-order valence-electron chi connectivity index (χ1n) is 7.96. The number of hydrogen-bond acceptors (Lipinski definition) is 2. The first-order chi connectivity index (χ1) is 9.14. The molecule has 0 bridgehead atoms. The minimum absolute atomic E-state index is 0.144. The zero-order valence-corrected chi connectivity index (χ0v) is 13.7. The van der Waals surface area contributed by atoms with Gasteiger partial charge in [0.1, 0.15) is 5.76 Å². The molecule has 0 amide bonds. The van der Waals surface area contributed by atoms with E-state index < -0.39 is 0 Å². The zero-order valence-electron chi connectivity index (χ0n) is 13.7. The quantitative estimate of drug-likeness (QED) is 0.192. The lowest BCUT2D eigenvalue weighted by molar-refractivity contribution is 0.124. The molecule has 0 aromatic carbocycles.